The van der Waals surface area contributed by atoms with Crippen molar-refractivity contribution < 1.29 is 23.9 Å². The molecular weight excluding hydrogens is 634 g/mol. The largest absolute Gasteiger partial charge is 0.493 e. The minimum atomic E-state index is -0.526. The van der Waals surface area contributed by atoms with Gasteiger partial charge in [0.05, 0.1) is 28.6 Å². The lowest BCUT2D eigenvalue weighted by molar-refractivity contribution is -0.123. The van der Waals surface area contributed by atoms with E-state index < -0.39 is 5.97 Å². The first-order valence-electron chi connectivity index (χ1n) is 11.4. The highest BCUT2D eigenvalue weighted by molar-refractivity contribution is 9.10. The van der Waals surface area contributed by atoms with Crippen LogP contribution in [-0.4, -0.2) is 29.1 Å². The van der Waals surface area contributed by atoms with E-state index in [0.29, 0.717) is 21.3 Å². The van der Waals surface area contributed by atoms with Gasteiger partial charge in [-0.15, -0.1) is 0 Å². The number of rotatable bonds is 6. The quantitative estimate of drug-likeness (QED) is 0.120. The molecule has 1 aliphatic rings. The van der Waals surface area contributed by atoms with Crippen molar-refractivity contribution in [2.45, 2.75) is 6.54 Å². The summed E-state index contributed by atoms with van der Waals surface area (Å²) in [5.74, 6) is -0.393. The Hall–Kier alpha value is -3.40. The van der Waals surface area contributed by atoms with Gasteiger partial charge in [-0.1, -0.05) is 70.5 Å². The average Bonchev–Trinajstić information content (AvgIpc) is 3.17. The maximum absolute atomic E-state index is 13.1. The van der Waals surface area contributed by atoms with E-state index in [0.717, 1.165) is 32.6 Å². The number of imide groups is 1. The van der Waals surface area contributed by atoms with E-state index in [1.54, 1.807) is 30.3 Å². The predicted octanol–water partition coefficient (Wildman–Crippen LogP) is 7.83. The molecule has 0 aromatic heterocycles. The van der Waals surface area contributed by atoms with Crippen LogP contribution in [0.25, 0.3) is 16.8 Å². The molecular formula is C29H19Br2NO5S. The first kappa shape index (κ1) is 26.2. The molecule has 0 unspecified atom stereocenters. The number of fused-ring (bicyclic) bond motifs is 1. The minimum Gasteiger partial charge on any atom is -0.493 e. The Balaban J connectivity index is 1.40. The molecule has 4 aromatic rings. The molecule has 1 aliphatic heterocycles. The second-order valence-electron chi connectivity index (χ2n) is 8.31. The van der Waals surface area contributed by atoms with Gasteiger partial charge >= 0.3 is 5.97 Å². The number of hydrogen-bond acceptors (Lipinski definition) is 6. The van der Waals surface area contributed by atoms with Gasteiger partial charge in [0.2, 0.25) is 0 Å². The molecule has 1 fully saturated rings. The summed E-state index contributed by atoms with van der Waals surface area (Å²) in [7, 11) is 1.46. The topological polar surface area (TPSA) is 72.9 Å². The van der Waals surface area contributed by atoms with Crippen molar-refractivity contribution in [2.75, 3.05) is 7.11 Å². The van der Waals surface area contributed by atoms with Crippen LogP contribution in [0.3, 0.4) is 0 Å². The summed E-state index contributed by atoms with van der Waals surface area (Å²) < 4.78 is 12.5. The van der Waals surface area contributed by atoms with Crippen molar-refractivity contribution in [3.63, 3.8) is 0 Å². The van der Waals surface area contributed by atoms with Crippen LogP contribution < -0.4 is 9.47 Å². The van der Waals surface area contributed by atoms with Gasteiger partial charge in [-0.2, -0.15) is 0 Å². The Kier molecular flexibility index (Phi) is 7.69. The first-order valence-corrected chi connectivity index (χ1v) is 13.8. The zero-order valence-corrected chi connectivity index (χ0v) is 23.9. The second-order valence-corrected chi connectivity index (χ2v) is 11.0. The van der Waals surface area contributed by atoms with Crippen LogP contribution in [0, 0.1) is 0 Å². The molecule has 5 rings (SSSR count). The number of carbonyl (C=O) groups is 3. The lowest BCUT2D eigenvalue weighted by atomic mass is 10.0. The third-order valence-corrected chi connectivity index (χ3v) is 8.18. The van der Waals surface area contributed by atoms with Gasteiger partial charge in [0.25, 0.3) is 11.1 Å². The van der Waals surface area contributed by atoms with Gasteiger partial charge in [0, 0.05) is 4.47 Å². The number of thioether (sulfide) groups is 1. The summed E-state index contributed by atoms with van der Waals surface area (Å²) in [5.41, 5.74) is 1.86. The number of benzene rings is 4. The van der Waals surface area contributed by atoms with Crippen LogP contribution >= 0.6 is 43.6 Å². The number of halogens is 2. The van der Waals surface area contributed by atoms with Gasteiger partial charge in [-0.3, -0.25) is 14.5 Å². The third kappa shape index (κ3) is 5.27. The number of methoxy groups -OCH3 is 1. The predicted molar refractivity (Wildman–Crippen MR) is 155 cm³/mol. The molecule has 6 nitrogen and oxygen atoms in total. The van der Waals surface area contributed by atoms with Crippen molar-refractivity contribution in [2.24, 2.45) is 0 Å². The fourth-order valence-electron chi connectivity index (χ4n) is 4.06. The van der Waals surface area contributed by atoms with E-state index in [4.69, 9.17) is 9.47 Å². The van der Waals surface area contributed by atoms with Crippen LogP contribution in [-0.2, 0) is 11.3 Å². The summed E-state index contributed by atoms with van der Waals surface area (Å²) in [4.78, 5) is 40.3. The van der Waals surface area contributed by atoms with Crippen LogP contribution in [0.5, 0.6) is 11.5 Å². The van der Waals surface area contributed by atoms with Gasteiger partial charge in [-0.25, -0.2) is 4.79 Å². The number of ether oxygens (including phenoxy) is 2. The molecule has 190 valence electrons. The van der Waals surface area contributed by atoms with Crippen LogP contribution in [0.1, 0.15) is 21.5 Å². The van der Waals surface area contributed by atoms with Crippen molar-refractivity contribution >= 4 is 77.6 Å². The Morgan fingerprint density at radius 2 is 1.68 bits per heavy atom. The van der Waals surface area contributed by atoms with Gasteiger partial charge in [0.1, 0.15) is 0 Å². The number of carbonyl (C=O) groups excluding carboxylic acids is 3. The van der Waals surface area contributed by atoms with E-state index in [1.165, 1.54) is 12.0 Å². The van der Waals surface area contributed by atoms with E-state index in [-0.39, 0.29) is 28.3 Å². The van der Waals surface area contributed by atoms with Crippen molar-refractivity contribution in [3.8, 4) is 11.5 Å². The fraction of sp³-hybridized carbons (Fsp3) is 0.0690. The summed E-state index contributed by atoms with van der Waals surface area (Å²) in [6.45, 7) is 0.166. The maximum Gasteiger partial charge on any atom is 0.344 e. The van der Waals surface area contributed by atoms with Crippen LogP contribution in [0.4, 0.5) is 4.79 Å². The Labute approximate surface area is 239 Å². The van der Waals surface area contributed by atoms with E-state index in [9.17, 15) is 14.4 Å². The highest BCUT2D eigenvalue weighted by atomic mass is 79.9. The number of hydrogen-bond donors (Lipinski definition) is 0. The van der Waals surface area contributed by atoms with Gasteiger partial charge < -0.3 is 9.47 Å². The lowest BCUT2D eigenvalue weighted by Crippen LogP contribution is -2.27. The molecule has 4 aromatic carbocycles. The fourth-order valence-corrected chi connectivity index (χ4v) is 5.85. The molecule has 0 N–H and O–H groups in total. The second kappa shape index (κ2) is 11.1. The molecule has 0 aliphatic carbocycles. The van der Waals surface area contributed by atoms with Gasteiger partial charge in [0.15, 0.2) is 11.5 Å². The average molecular weight is 653 g/mol. The number of nitrogens with zero attached hydrogens (tertiary/aromatic N) is 1. The van der Waals surface area contributed by atoms with Crippen molar-refractivity contribution in [1.29, 1.82) is 0 Å². The highest BCUT2D eigenvalue weighted by Crippen LogP contribution is 2.40. The normalized spacial score (nSPS) is 14.4. The van der Waals surface area contributed by atoms with E-state index in [1.807, 2.05) is 54.6 Å². The zero-order valence-electron chi connectivity index (χ0n) is 19.9. The van der Waals surface area contributed by atoms with E-state index >= 15 is 0 Å². The molecule has 1 heterocycles. The maximum atomic E-state index is 13.1. The standard InChI is InChI=1S/C29H19Br2NO5S/c1-36-24-14-17(15-25-27(33)32(29(35)38-25)16-19-8-3-5-12-22(19)30)13-23(31)26(24)37-28(34)21-11-6-9-18-7-2-4-10-20(18)21/h2-15H,16H2,1H3/b25-15-. The summed E-state index contributed by atoms with van der Waals surface area (Å²) >= 11 is 7.81. The van der Waals surface area contributed by atoms with Crippen molar-refractivity contribution in [3.05, 3.63) is 109 Å². The summed E-state index contributed by atoms with van der Waals surface area (Å²) in [6, 6.07) is 23.8. The summed E-state index contributed by atoms with van der Waals surface area (Å²) in [6.07, 6.45) is 1.62. The molecule has 9 heteroatoms. The van der Waals surface area contributed by atoms with E-state index in [2.05, 4.69) is 31.9 Å². The molecule has 2 amide bonds. The smallest absolute Gasteiger partial charge is 0.344 e. The van der Waals surface area contributed by atoms with Gasteiger partial charge in [-0.05, 0) is 79.9 Å². The molecule has 0 radical (unpaired) electrons. The zero-order chi connectivity index (χ0) is 26.8. The third-order valence-electron chi connectivity index (χ3n) is 5.91. The monoisotopic (exact) mass is 651 g/mol. The molecule has 1 saturated heterocycles. The lowest BCUT2D eigenvalue weighted by Gasteiger charge is -2.14. The molecule has 38 heavy (non-hydrogen) atoms. The molecule has 0 atom stereocenters. The highest BCUT2D eigenvalue weighted by Gasteiger charge is 2.35. The Bertz CT molecular complexity index is 1630. The van der Waals surface area contributed by atoms with Crippen LogP contribution in [0.15, 0.2) is 92.7 Å². The number of amides is 2. The summed E-state index contributed by atoms with van der Waals surface area (Å²) in [5, 5.41) is 1.37. The minimum absolute atomic E-state index is 0.166. The van der Waals surface area contributed by atoms with Crippen molar-refractivity contribution in [1.82, 2.24) is 4.90 Å². The molecule has 0 spiro atoms. The SMILES string of the molecule is COc1cc(/C=C2\SC(=O)N(Cc3ccccc3Br)C2=O)cc(Br)c1OC(=O)c1cccc2ccccc12. The Morgan fingerprint density at radius 3 is 2.47 bits per heavy atom. The first-order chi connectivity index (χ1) is 18.4. The van der Waals surface area contributed by atoms with Crippen LogP contribution in [0.2, 0.25) is 0 Å². The molecule has 0 saturated carbocycles. The number of esters is 1. The Morgan fingerprint density at radius 1 is 0.947 bits per heavy atom. The molecule has 0 bridgehead atoms.